The van der Waals surface area contributed by atoms with Crippen LogP contribution in [0.5, 0.6) is 0 Å². The third-order valence-corrected chi connectivity index (χ3v) is 4.14. The largest absolute Gasteiger partial charge is 0.465 e. The van der Waals surface area contributed by atoms with Crippen LogP contribution in [0.4, 0.5) is 19.0 Å². The molecule has 2 amide bonds. The summed E-state index contributed by atoms with van der Waals surface area (Å²) in [5.41, 5.74) is -0.546. The van der Waals surface area contributed by atoms with E-state index in [2.05, 4.69) is 20.4 Å². The van der Waals surface area contributed by atoms with Gasteiger partial charge in [-0.15, -0.1) is 0 Å². The van der Waals surface area contributed by atoms with Crippen molar-refractivity contribution >= 4 is 23.6 Å². The number of ether oxygens (including phenoxy) is 1. The van der Waals surface area contributed by atoms with E-state index in [0.29, 0.717) is 30.2 Å². The molecule has 2 heterocycles. The highest BCUT2D eigenvalue weighted by molar-refractivity contribution is 6.06. The lowest BCUT2D eigenvalue weighted by molar-refractivity contribution is -0.137. The zero-order chi connectivity index (χ0) is 20.5. The van der Waals surface area contributed by atoms with Crippen LogP contribution in [0.3, 0.4) is 0 Å². The fourth-order valence-electron chi connectivity index (χ4n) is 2.76. The van der Waals surface area contributed by atoms with Crippen molar-refractivity contribution in [3.05, 3.63) is 58.3 Å². The Morgan fingerprint density at radius 1 is 1.21 bits per heavy atom. The molecule has 0 bridgehead atoms. The number of rotatable bonds is 3. The van der Waals surface area contributed by atoms with Crippen LogP contribution in [0.2, 0.25) is 0 Å². The minimum absolute atomic E-state index is 0.0837. The quantitative estimate of drug-likeness (QED) is 0.781. The number of esters is 1. The molecule has 1 aliphatic rings. The second-order valence-electron chi connectivity index (χ2n) is 5.94. The maximum atomic E-state index is 13.3. The molecule has 0 spiro atoms. The van der Waals surface area contributed by atoms with Crippen LogP contribution in [0, 0.1) is 0 Å². The van der Waals surface area contributed by atoms with Crippen molar-refractivity contribution in [3.63, 3.8) is 0 Å². The number of halogens is 3. The Bertz CT molecular complexity index is 973. The average Bonchev–Trinajstić information content (AvgIpc) is 2.66. The van der Waals surface area contributed by atoms with Crippen molar-refractivity contribution in [3.8, 4) is 0 Å². The van der Waals surface area contributed by atoms with Crippen LogP contribution in [0.25, 0.3) is 0 Å². The highest BCUT2D eigenvalue weighted by Gasteiger charge is 2.36. The Labute approximate surface area is 156 Å². The van der Waals surface area contributed by atoms with Gasteiger partial charge < -0.3 is 15.4 Å². The number of amides is 2. The van der Waals surface area contributed by atoms with Gasteiger partial charge in [-0.05, 0) is 36.2 Å². The zero-order valence-electron chi connectivity index (χ0n) is 14.5. The van der Waals surface area contributed by atoms with E-state index in [0.717, 1.165) is 13.3 Å². The molecule has 1 aromatic heterocycles. The molecule has 2 aromatic rings. The number of carbonyl (C=O) groups excluding carboxylic acids is 3. The number of benzene rings is 1. The number of hydrogen-bond donors (Lipinski definition) is 2. The van der Waals surface area contributed by atoms with E-state index in [4.69, 9.17) is 0 Å². The van der Waals surface area contributed by atoms with Gasteiger partial charge in [0.15, 0.2) is 0 Å². The lowest BCUT2D eigenvalue weighted by atomic mass is 9.97. The van der Waals surface area contributed by atoms with Crippen molar-refractivity contribution in [1.82, 2.24) is 10.3 Å². The average molecular weight is 393 g/mol. The Morgan fingerprint density at radius 3 is 2.64 bits per heavy atom. The summed E-state index contributed by atoms with van der Waals surface area (Å²) in [4.78, 5) is 39.2. The minimum Gasteiger partial charge on any atom is -0.465 e. The highest BCUT2D eigenvalue weighted by Crippen LogP contribution is 2.34. The second kappa shape index (κ2) is 7.29. The fraction of sp³-hybridized carbons (Fsp3) is 0.222. The van der Waals surface area contributed by atoms with Crippen LogP contribution >= 0.6 is 0 Å². The summed E-state index contributed by atoms with van der Waals surface area (Å²) in [7, 11) is 1.03. The molecule has 146 valence electrons. The normalized spacial score (nSPS) is 13.4. The number of hydrogen-bond acceptors (Lipinski definition) is 5. The monoisotopic (exact) mass is 393 g/mol. The molecule has 0 unspecified atom stereocenters. The van der Waals surface area contributed by atoms with Crippen LogP contribution in [-0.4, -0.2) is 36.4 Å². The van der Waals surface area contributed by atoms with Gasteiger partial charge in [0.25, 0.3) is 11.8 Å². The van der Waals surface area contributed by atoms with E-state index in [1.807, 2.05) is 0 Å². The zero-order valence-corrected chi connectivity index (χ0v) is 14.5. The summed E-state index contributed by atoms with van der Waals surface area (Å²) in [6.45, 7) is 0.408. The predicted octanol–water partition coefficient (Wildman–Crippen LogP) is 2.43. The first-order valence-electron chi connectivity index (χ1n) is 8.08. The van der Waals surface area contributed by atoms with Gasteiger partial charge in [-0.1, -0.05) is 0 Å². The molecule has 7 nitrogen and oxygen atoms in total. The van der Waals surface area contributed by atoms with E-state index in [9.17, 15) is 27.6 Å². The first-order valence-corrected chi connectivity index (χ1v) is 8.08. The maximum absolute atomic E-state index is 13.3. The first-order chi connectivity index (χ1) is 13.2. The Balaban J connectivity index is 1.92. The van der Waals surface area contributed by atoms with Crippen molar-refractivity contribution in [2.75, 3.05) is 19.0 Å². The Morgan fingerprint density at radius 2 is 1.96 bits per heavy atom. The van der Waals surface area contributed by atoms with Gasteiger partial charge in [0.2, 0.25) is 0 Å². The number of aromatic nitrogens is 1. The summed E-state index contributed by atoms with van der Waals surface area (Å²) in [5.74, 6) is -2.81. The fourth-order valence-corrected chi connectivity index (χ4v) is 2.76. The van der Waals surface area contributed by atoms with Gasteiger partial charge in [-0.25, -0.2) is 9.78 Å². The van der Waals surface area contributed by atoms with Crippen LogP contribution in [-0.2, 0) is 17.3 Å². The summed E-state index contributed by atoms with van der Waals surface area (Å²) in [6.07, 6.45) is -3.47. The SMILES string of the molecule is COC(=O)c1cnc(NC(=O)c2ccc3c(c2)CCNC3=O)c(C(F)(F)F)c1. The minimum atomic E-state index is -4.85. The molecule has 10 heteroatoms. The number of nitrogens with zero attached hydrogens (tertiary/aromatic N) is 1. The molecule has 0 radical (unpaired) electrons. The molecule has 0 saturated carbocycles. The van der Waals surface area contributed by atoms with Crippen LogP contribution in [0.15, 0.2) is 30.5 Å². The second-order valence-corrected chi connectivity index (χ2v) is 5.94. The Kier molecular flexibility index (Phi) is 5.04. The van der Waals surface area contributed by atoms with Crippen molar-refractivity contribution in [1.29, 1.82) is 0 Å². The maximum Gasteiger partial charge on any atom is 0.419 e. The molecular weight excluding hydrogens is 379 g/mol. The molecule has 0 atom stereocenters. The summed E-state index contributed by atoms with van der Waals surface area (Å²) < 4.78 is 44.4. The first kappa shape index (κ1) is 19.3. The number of pyridine rings is 1. The van der Waals surface area contributed by atoms with Crippen LogP contribution < -0.4 is 10.6 Å². The number of carbonyl (C=O) groups is 3. The summed E-state index contributed by atoms with van der Waals surface area (Å²) in [6, 6.07) is 4.80. The van der Waals surface area contributed by atoms with Gasteiger partial charge in [0, 0.05) is 23.9 Å². The van der Waals surface area contributed by atoms with Crippen molar-refractivity contribution in [2.45, 2.75) is 12.6 Å². The third-order valence-electron chi connectivity index (χ3n) is 4.14. The molecule has 1 aliphatic heterocycles. The van der Waals surface area contributed by atoms with Crippen LogP contribution in [0.1, 0.15) is 42.2 Å². The molecule has 28 heavy (non-hydrogen) atoms. The lowest BCUT2D eigenvalue weighted by Gasteiger charge is -2.17. The molecule has 1 aromatic carbocycles. The molecule has 2 N–H and O–H groups in total. The number of nitrogens with one attached hydrogen (secondary N) is 2. The van der Waals surface area contributed by atoms with Gasteiger partial charge in [0.1, 0.15) is 5.82 Å². The van der Waals surface area contributed by atoms with E-state index in [1.165, 1.54) is 18.2 Å². The molecular formula is C18H14F3N3O4. The smallest absolute Gasteiger partial charge is 0.419 e. The third kappa shape index (κ3) is 3.80. The topological polar surface area (TPSA) is 97.4 Å². The van der Waals surface area contributed by atoms with Gasteiger partial charge in [-0.2, -0.15) is 13.2 Å². The number of methoxy groups -OCH3 is 1. The molecule has 0 aliphatic carbocycles. The van der Waals surface area contributed by atoms with Crippen molar-refractivity contribution in [2.24, 2.45) is 0 Å². The van der Waals surface area contributed by atoms with Crippen molar-refractivity contribution < 1.29 is 32.3 Å². The summed E-state index contributed by atoms with van der Waals surface area (Å²) >= 11 is 0. The standard InChI is InChI=1S/C18H14F3N3O4/c1-28-17(27)11-7-13(18(19,20)21)14(23-8-11)24-15(25)10-2-3-12-9(6-10)4-5-22-16(12)26/h2-3,6-8H,4-5H2,1H3,(H,22,26)(H,23,24,25). The highest BCUT2D eigenvalue weighted by atomic mass is 19.4. The van der Waals surface area contributed by atoms with E-state index >= 15 is 0 Å². The van der Waals surface area contributed by atoms with Gasteiger partial charge >= 0.3 is 12.1 Å². The van der Waals surface area contributed by atoms with E-state index in [1.54, 1.807) is 0 Å². The Hall–Kier alpha value is -3.43. The van der Waals surface area contributed by atoms with Gasteiger partial charge in [-0.3, -0.25) is 9.59 Å². The lowest BCUT2D eigenvalue weighted by Crippen LogP contribution is -2.32. The molecule has 0 fully saturated rings. The molecule has 0 saturated heterocycles. The van der Waals surface area contributed by atoms with E-state index < -0.39 is 35.0 Å². The number of fused-ring (bicyclic) bond motifs is 1. The van der Waals surface area contributed by atoms with E-state index in [-0.39, 0.29) is 11.5 Å². The number of alkyl halides is 3. The van der Waals surface area contributed by atoms with Gasteiger partial charge in [0.05, 0.1) is 18.2 Å². The predicted molar refractivity (Wildman–Crippen MR) is 91.0 cm³/mol. The summed E-state index contributed by atoms with van der Waals surface area (Å²) in [5, 5.41) is 4.77. The number of anilines is 1. The molecule has 3 rings (SSSR count).